The van der Waals surface area contributed by atoms with Crippen LogP contribution in [0.1, 0.15) is 142 Å². The predicted octanol–water partition coefficient (Wildman–Crippen LogP) is 8.33. The van der Waals surface area contributed by atoms with E-state index in [9.17, 15) is 37.9 Å². The van der Waals surface area contributed by atoms with Gasteiger partial charge < -0.3 is 34.3 Å². The van der Waals surface area contributed by atoms with Crippen molar-refractivity contribution in [2.45, 2.75) is 179 Å². The molecule has 1 heterocycles. The van der Waals surface area contributed by atoms with E-state index in [4.69, 9.17) is 18.9 Å². The van der Waals surface area contributed by atoms with Crippen molar-refractivity contribution in [2.75, 3.05) is 19.0 Å². The Bertz CT molecular complexity index is 1350. The van der Waals surface area contributed by atoms with Crippen LogP contribution in [0.2, 0.25) is 0 Å². The summed E-state index contributed by atoms with van der Waals surface area (Å²) in [4.78, 5) is 25.2. The fraction of sp³-hybridized carbons (Fsp3) is 0.689. The Kier molecular flexibility index (Phi) is 32.0. The smallest absolute Gasteiger partial charge is 0.331 e. The average molecular weight is 839 g/mol. The minimum absolute atomic E-state index is 0.144. The van der Waals surface area contributed by atoms with Crippen LogP contribution in [0.4, 0.5) is 0 Å². The fourth-order valence-electron chi connectivity index (χ4n) is 6.04. The Labute approximate surface area is 348 Å². The first-order valence-electron chi connectivity index (χ1n) is 21.5. The van der Waals surface area contributed by atoms with Crippen molar-refractivity contribution in [3.63, 3.8) is 0 Å². The second-order valence-electron chi connectivity index (χ2n) is 14.7. The summed E-state index contributed by atoms with van der Waals surface area (Å²) < 4.78 is 53.7. The van der Waals surface area contributed by atoms with Crippen LogP contribution in [0.15, 0.2) is 72.9 Å². The summed E-state index contributed by atoms with van der Waals surface area (Å²) in [6.45, 7) is 3.49. The zero-order chi connectivity index (χ0) is 42.7. The second kappa shape index (κ2) is 34.9. The van der Waals surface area contributed by atoms with E-state index in [2.05, 4.69) is 62.5 Å². The number of rotatable bonds is 34. The molecule has 1 aliphatic heterocycles. The van der Waals surface area contributed by atoms with E-state index in [1.807, 2.05) is 6.08 Å². The molecule has 1 fully saturated rings. The van der Waals surface area contributed by atoms with Crippen molar-refractivity contribution in [2.24, 2.45) is 0 Å². The Morgan fingerprint density at radius 3 is 1.81 bits per heavy atom. The molecule has 13 heteroatoms. The monoisotopic (exact) mass is 838 g/mol. The minimum Gasteiger partial charge on any atom is -0.462 e. The van der Waals surface area contributed by atoms with Gasteiger partial charge >= 0.3 is 11.9 Å². The van der Waals surface area contributed by atoms with Gasteiger partial charge in [-0.1, -0.05) is 145 Å². The summed E-state index contributed by atoms with van der Waals surface area (Å²) in [6.07, 6.45) is 34.4. The normalized spacial score (nSPS) is 21.1. The molecule has 0 bridgehead atoms. The number of allylic oxidation sites excluding steroid dienone is 11. The van der Waals surface area contributed by atoms with Gasteiger partial charge in [-0.05, 0) is 57.8 Å². The molecule has 0 aromatic heterocycles. The van der Waals surface area contributed by atoms with Crippen molar-refractivity contribution in [3.05, 3.63) is 72.9 Å². The lowest BCUT2D eigenvalue weighted by molar-refractivity contribution is -0.297. The molecule has 0 aromatic rings. The molecule has 1 aliphatic rings. The van der Waals surface area contributed by atoms with Crippen LogP contribution >= 0.6 is 0 Å². The Morgan fingerprint density at radius 2 is 1.21 bits per heavy atom. The molecule has 2 unspecified atom stereocenters. The molecule has 0 aliphatic carbocycles. The number of carbonyl (C=O) groups excluding carboxylic acids is 2. The number of hydrogen-bond acceptors (Lipinski definition) is 11. The summed E-state index contributed by atoms with van der Waals surface area (Å²) in [7, 11) is -4.62. The first-order valence-corrected chi connectivity index (χ1v) is 23.1. The summed E-state index contributed by atoms with van der Waals surface area (Å²) >= 11 is 0. The number of hydrogen-bond donors (Lipinski definition) is 4. The van der Waals surface area contributed by atoms with Gasteiger partial charge in [-0.3, -0.25) is 9.35 Å². The van der Waals surface area contributed by atoms with Crippen LogP contribution in [-0.2, 0) is 38.7 Å². The summed E-state index contributed by atoms with van der Waals surface area (Å²) in [5.41, 5.74) is 0. The number of ether oxygens (including phenoxy) is 4. The third-order valence-corrected chi connectivity index (χ3v) is 10.1. The Hall–Kier alpha value is -2.91. The molecule has 1 saturated heterocycles. The lowest BCUT2D eigenvalue weighted by Gasteiger charge is -2.40. The van der Waals surface area contributed by atoms with Gasteiger partial charge in [-0.15, -0.1) is 0 Å². The highest BCUT2D eigenvalue weighted by atomic mass is 32.2. The molecule has 4 N–H and O–H groups in total. The summed E-state index contributed by atoms with van der Waals surface area (Å²) in [5, 5.41) is 30.8. The van der Waals surface area contributed by atoms with Crippen LogP contribution in [0.3, 0.4) is 0 Å². The van der Waals surface area contributed by atoms with Gasteiger partial charge in [0.05, 0.1) is 6.61 Å². The predicted molar refractivity (Wildman–Crippen MR) is 228 cm³/mol. The zero-order valence-electron chi connectivity index (χ0n) is 35.1. The maximum Gasteiger partial charge on any atom is 0.331 e. The lowest BCUT2D eigenvalue weighted by atomic mass is 10.00. The molecule has 6 atom stereocenters. The largest absolute Gasteiger partial charge is 0.462 e. The molecule has 12 nitrogen and oxygen atoms in total. The SMILES string of the molecule is CC/C=C/C/C=C/C/C=C/C/C=C/CCCCC(=O)OC[C@H](CO[C@H]1O[C@H](CS(=O)(=O)O)[C@@H](O)C(O)C1O)OC(=O)/C=C/C=C/CCCCCCCCCCCCC. The quantitative estimate of drug-likeness (QED) is 0.0121. The van der Waals surface area contributed by atoms with Crippen LogP contribution in [-0.4, -0.2) is 96.0 Å². The van der Waals surface area contributed by atoms with Gasteiger partial charge in [0.25, 0.3) is 10.1 Å². The van der Waals surface area contributed by atoms with Crippen LogP contribution < -0.4 is 0 Å². The zero-order valence-corrected chi connectivity index (χ0v) is 35.9. The van der Waals surface area contributed by atoms with E-state index in [0.717, 1.165) is 57.8 Å². The number of aliphatic hydroxyl groups is 3. The summed E-state index contributed by atoms with van der Waals surface area (Å²) in [5.74, 6) is -2.31. The van der Waals surface area contributed by atoms with E-state index in [0.29, 0.717) is 6.42 Å². The molecular weight excluding hydrogens is 765 g/mol. The van der Waals surface area contributed by atoms with Gasteiger partial charge in [0.2, 0.25) is 0 Å². The van der Waals surface area contributed by atoms with Gasteiger partial charge in [-0.25, -0.2) is 4.79 Å². The lowest BCUT2D eigenvalue weighted by Crippen LogP contribution is -2.60. The van der Waals surface area contributed by atoms with E-state index < -0.39 is 71.2 Å². The van der Waals surface area contributed by atoms with E-state index in [1.54, 1.807) is 12.2 Å². The molecule has 0 amide bonds. The Morgan fingerprint density at radius 1 is 0.655 bits per heavy atom. The van der Waals surface area contributed by atoms with Crippen molar-refractivity contribution in [1.82, 2.24) is 0 Å². The van der Waals surface area contributed by atoms with Gasteiger partial charge in [0, 0.05) is 12.5 Å². The number of unbranched alkanes of at least 4 members (excludes halogenated alkanes) is 13. The maximum absolute atomic E-state index is 12.7. The highest BCUT2D eigenvalue weighted by Gasteiger charge is 2.46. The number of carbonyl (C=O) groups is 2. The summed E-state index contributed by atoms with van der Waals surface area (Å²) in [6, 6.07) is 0. The van der Waals surface area contributed by atoms with Crippen LogP contribution in [0.25, 0.3) is 0 Å². The highest BCUT2D eigenvalue weighted by Crippen LogP contribution is 2.23. The van der Waals surface area contributed by atoms with Crippen molar-refractivity contribution < 1.29 is 56.8 Å². The third-order valence-electron chi connectivity index (χ3n) is 9.38. The maximum atomic E-state index is 12.7. The molecule has 0 saturated carbocycles. The van der Waals surface area contributed by atoms with Crippen LogP contribution in [0, 0.1) is 0 Å². The van der Waals surface area contributed by atoms with Crippen molar-refractivity contribution in [1.29, 1.82) is 0 Å². The topological polar surface area (TPSA) is 186 Å². The van der Waals surface area contributed by atoms with Gasteiger partial charge in [-0.2, -0.15) is 8.42 Å². The molecule has 332 valence electrons. The van der Waals surface area contributed by atoms with E-state index in [1.165, 1.54) is 63.9 Å². The molecule has 1 rings (SSSR count). The highest BCUT2D eigenvalue weighted by molar-refractivity contribution is 7.85. The minimum atomic E-state index is -4.62. The third kappa shape index (κ3) is 29.3. The molecule has 58 heavy (non-hydrogen) atoms. The molecule has 0 spiro atoms. The van der Waals surface area contributed by atoms with E-state index in [-0.39, 0.29) is 13.0 Å². The molecule has 0 aromatic carbocycles. The Balaban J connectivity index is 2.57. The first-order chi connectivity index (χ1) is 28.0. The van der Waals surface area contributed by atoms with Crippen molar-refractivity contribution >= 4 is 22.1 Å². The number of esters is 2. The molecule has 0 radical (unpaired) electrons. The standard InChI is InChI=1S/C45H74O12S/c1-3-5-7-9-11-13-15-17-19-21-23-25-27-29-31-33-40(46)54-35-38(36-55-45-44(50)43(49)42(48)39(57-45)37-58(51,52)53)56-41(47)34-32-30-28-26-24-22-20-18-16-14-12-10-8-6-4-2/h5,7,11,13,17,19,23,25,28,30,32,34,38-39,42-45,48-50H,3-4,6,8-10,12,14-16,18,20-22,24,26-27,29,31,33,35-37H2,1-2H3,(H,51,52,53)/b7-5+,13-11+,19-17+,25-23+,30-28+,34-32+/t38-,39-,42-,43?,44?,45+/m1/s1. The first kappa shape index (κ1) is 53.1. The van der Waals surface area contributed by atoms with Gasteiger partial charge in [0.15, 0.2) is 12.4 Å². The van der Waals surface area contributed by atoms with Gasteiger partial charge in [0.1, 0.15) is 36.8 Å². The average Bonchev–Trinajstić information content (AvgIpc) is 3.18. The van der Waals surface area contributed by atoms with E-state index >= 15 is 0 Å². The van der Waals surface area contributed by atoms with Crippen molar-refractivity contribution in [3.8, 4) is 0 Å². The number of aliphatic hydroxyl groups excluding tert-OH is 3. The second-order valence-corrected chi connectivity index (χ2v) is 16.2. The fourth-order valence-corrected chi connectivity index (χ4v) is 6.73. The van der Waals surface area contributed by atoms with Crippen LogP contribution in [0.5, 0.6) is 0 Å². The molecular formula is C45H74O12S.